The van der Waals surface area contributed by atoms with Crippen LogP contribution in [0.2, 0.25) is 0 Å². The molecule has 0 spiro atoms. The van der Waals surface area contributed by atoms with Crippen LogP contribution in [0.1, 0.15) is 33.1 Å². The fourth-order valence-electron chi connectivity index (χ4n) is 1.63. The van der Waals surface area contributed by atoms with Gasteiger partial charge in [-0.1, -0.05) is 0 Å². The zero-order valence-electron chi connectivity index (χ0n) is 9.71. The van der Waals surface area contributed by atoms with E-state index in [1.807, 2.05) is 13.8 Å². The third-order valence-electron chi connectivity index (χ3n) is 2.45. The van der Waals surface area contributed by atoms with Crippen LogP contribution in [-0.4, -0.2) is 37.7 Å². The summed E-state index contributed by atoms with van der Waals surface area (Å²) in [5.41, 5.74) is 0. The van der Waals surface area contributed by atoms with E-state index in [2.05, 4.69) is 10.6 Å². The molecule has 1 fully saturated rings. The lowest BCUT2D eigenvalue weighted by atomic mass is 10.2. The first-order valence-corrected chi connectivity index (χ1v) is 5.83. The second kappa shape index (κ2) is 6.80. The van der Waals surface area contributed by atoms with Crippen molar-refractivity contribution in [1.29, 1.82) is 0 Å². The Labute approximate surface area is 91.8 Å². The first kappa shape index (κ1) is 12.5. The van der Waals surface area contributed by atoms with Crippen molar-refractivity contribution >= 4 is 5.91 Å². The zero-order chi connectivity index (χ0) is 11.1. The number of rotatable bonds is 6. The molecule has 0 aromatic heterocycles. The van der Waals surface area contributed by atoms with Crippen molar-refractivity contribution in [2.24, 2.45) is 0 Å². The first-order valence-electron chi connectivity index (χ1n) is 5.83. The minimum absolute atomic E-state index is 0.0380. The van der Waals surface area contributed by atoms with Crippen molar-refractivity contribution in [3.63, 3.8) is 0 Å². The zero-order valence-corrected chi connectivity index (χ0v) is 9.71. The molecule has 1 aliphatic rings. The van der Waals surface area contributed by atoms with E-state index >= 15 is 0 Å². The molecule has 0 aliphatic carbocycles. The summed E-state index contributed by atoms with van der Waals surface area (Å²) in [5, 5.41) is 6.09. The van der Waals surface area contributed by atoms with Gasteiger partial charge in [0.2, 0.25) is 5.91 Å². The maximum Gasteiger partial charge on any atom is 0.237 e. The predicted octanol–water partition coefficient (Wildman–Crippen LogP) is 0.670. The molecule has 0 radical (unpaired) electrons. The second-order valence-electron chi connectivity index (χ2n) is 4.21. The summed E-state index contributed by atoms with van der Waals surface area (Å²) in [6, 6.07) is 0.0380. The maximum atomic E-state index is 11.5. The summed E-state index contributed by atoms with van der Waals surface area (Å²) in [7, 11) is 0. The lowest BCUT2D eigenvalue weighted by molar-refractivity contribution is -0.122. The molecule has 2 N–H and O–H groups in total. The molecule has 0 saturated carbocycles. The molecule has 1 saturated heterocycles. The number of nitrogens with one attached hydrogen (secondary N) is 2. The number of carbonyl (C=O) groups excluding carboxylic acids is 1. The van der Waals surface area contributed by atoms with E-state index in [1.54, 1.807) is 0 Å². The molecule has 4 heteroatoms. The SMILES string of the molecule is CC(C)OCCCNC(=O)[C@H]1CCCN1. The number of hydrogen-bond donors (Lipinski definition) is 2. The summed E-state index contributed by atoms with van der Waals surface area (Å²) in [6.07, 6.45) is 3.23. The predicted molar refractivity (Wildman–Crippen MR) is 59.7 cm³/mol. The highest BCUT2D eigenvalue weighted by Gasteiger charge is 2.20. The van der Waals surface area contributed by atoms with Gasteiger partial charge in [-0.3, -0.25) is 4.79 Å². The third-order valence-corrected chi connectivity index (χ3v) is 2.45. The van der Waals surface area contributed by atoms with Gasteiger partial charge in [0.15, 0.2) is 0 Å². The summed E-state index contributed by atoms with van der Waals surface area (Å²) < 4.78 is 5.38. The van der Waals surface area contributed by atoms with E-state index in [4.69, 9.17) is 4.74 Å². The molecule has 0 aromatic rings. The fraction of sp³-hybridized carbons (Fsp3) is 0.909. The number of ether oxygens (including phenoxy) is 1. The van der Waals surface area contributed by atoms with Crippen molar-refractivity contribution in [2.45, 2.75) is 45.3 Å². The summed E-state index contributed by atoms with van der Waals surface area (Å²) in [4.78, 5) is 11.5. The molecule has 1 aliphatic heterocycles. The monoisotopic (exact) mass is 214 g/mol. The Morgan fingerprint density at radius 2 is 2.40 bits per heavy atom. The van der Waals surface area contributed by atoms with E-state index in [0.717, 1.165) is 32.4 Å². The molecule has 0 aromatic carbocycles. The van der Waals surface area contributed by atoms with Crippen LogP contribution in [0.15, 0.2) is 0 Å². The highest BCUT2D eigenvalue weighted by atomic mass is 16.5. The van der Waals surface area contributed by atoms with Crippen molar-refractivity contribution in [3.05, 3.63) is 0 Å². The van der Waals surface area contributed by atoms with Gasteiger partial charge in [0, 0.05) is 13.2 Å². The van der Waals surface area contributed by atoms with Gasteiger partial charge in [-0.05, 0) is 39.7 Å². The Hall–Kier alpha value is -0.610. The molecule has 1 rings (SSSR count). The molecular formula is C11H22N2O2. The molecule has 0 unspecified atom stereocenters. The van der Waals surface area contributed by atoms with Crippen LogP contribution in [-0.2, 0) is 9.53 Å². The topological polar surface area (TPSA) is 50.4 Å². The maximum absolute atomic E-state index is 11.5. The Morgan fingerprint density at radius 1 is 1.60 bits per heavy atom. The largest absolute Gasteiger partial charge is 0.379 e. The molecule has 1 amide bonds. The van der Waals surface area contributed by atoms with Gasteiger partial charge in [0.1, 0.15) is 0 Å². The molecule has 15 heavy (non-hydrogen) atoms. The molecule has 1 heterocycles. The van der Waals surface area contributed by atoms with Crippen LogP contribution in [0.4, 0.5) is 0 Å². The van der Waals surface area contributed by atoms with E-state index in [1.165, 1.54) is 0 Å². The molecular weight excluding hydrogens is 192 g/mol. The van der Waals surface area contributed by atoms with E-state index in [9.17, 15) is 4.79 Å². The third kappa shape index (κ3) is 5.14. The van der Waals surface area contributed by atoms with E-state index in [-0.39, 0.29) is 18.1 Å². The standard InChI is InChI=1S/C11H22N2O2/c1-9(2)15-8-4-7-13-11(14)10-5-3-6-12-10/h9-10,12H,3-8H2,1-2H3,(H,13,14)/t10-/m1/s1. The van der Waals surface area contributed by atoms with Crippen LogP contribution in [0.3, 0.4) is 0 Å². The van der Waals surface area contributed by atoms with Crippen LogP contribution in [0, 0.1) is 0 Å². The van der Waals surface area contributed by atoms with Gasteiger partial charge in [0.05, 0.1) is 12.1 Å². The highest BCUT2D eigenvalue weighted by Crippen LogP contribution is 2.04. The molecule has 0 bridgehead atoms. The van der Waals surface area contributed by atoms with Crippen molar-refractivity contribution in [1.82, 2.24) is 10.6 Å². The molecule has 1 atom stereocenters. The Kier molecular flexibility index (Phi) is 5.65. The molecule has 4 nitrogen and oxygen atoms in total. The average Bonchev–Trinajstić information content (AvgIpc) is 2.69. The van der Waals surface area contributed by atoms with Gasteiger partial charge in [-0.15, -0.1) is 0 Å². The Morgan fingerprint density at radius 3 is 3.00 bits per heavy atom. The summed E-state index contributed by atoms with van der Waals surface area (Å²) in [6.45, 7) is 6.43. The van der Waals surface area contributed by atoms with Crippen LogP contribution in [0.25, 0.3) is 0 Å². The van der Waals surface area contributed by atoms with Gasteiger partial charge in [0.25, 0.3) is 0 Å². The minimum Gasteiger partial charge on any atom is -0.379 e. The number of carbonyl (C=O) groups is 1. The van der Waals surface area contributed by atoms with Crippen molar-refractivity contribution in [2.75, 3.05) is 19.7 Å². The van der Waals surface area contributed by atoms with Gasteiger partial charge < -0.3 is 15.4 Å². The smallest absolute Gasteiger partial charge is 0.237 e. The fourth-order valence-corrected chi connectivity index (χ4v) is 1.63. The summed E-state index contributed by atoms with van der Waals surface area (Å²) >= 11 is 0. The lowest BCUT2D eigenvalue weighted by Gasteiger charge is -2.11. The van der Waals surface area contributed by atoms with E-state index < -0.39 is 0 Å². The van der Waals surface area contributed by atoms with Gasteiger partial charge in [-0.25, -0.2) is 0 Å². The first-order chi connectivity index (χ1) is 7.20. The number of hydrogen-bond acceptors (Lipinski definition) is 3. The van der Waals surface area contributed by atoms with Crippen molar-refractivity contribution < 1.29 is 9.53 Å². The Balaban J connectivity index is 1.97. The quantitative estimate of drug-likeness (QED) is 0.639. The normalized spacial score (nSPS) is 20.9. The van der Waals surface area contributed by atoms with Crippen LogP contribution >= 0.6 is 0 Å². The van der Waals surface area contributed by atoms with E-state index in [0.29, 0.717) is 6.54 Å². The summed E-state index contributed by atoms with van der Waals surface area (Å²) in [5.74, 6) is 0.136. The number of amides is 1. The van der Waals surface area contributed by atoms with Crippen LogP contribution in [0.5, 0.6) is 0 Å². The Bertz CT molecular complexity index is 189. The van der Waals surface area contributed by atoms with Gasteiger partial charge >= 0.3 is 0 Å². The average molecular weight is 214 g/mol. The van der Waals surface area contributed by atoms with Gasteiger partial charge in [-0.2, -0.15) is 0 Å². The van der Waals surface area contributed by atoms with Crippen molar-refractivity contribution in [3.8, 4) is 0 Å². The lowest BCUT2D eigenvalue weighted by Crippen LogP contribution is -2.40. The minimum atomic E-state index is 0.0380. The van der Waals surface area contributed by atoms with Crippen LogP contribution < -0.4 is 10.6 Å². The molecule has 88 valence electrons. The second-order valence-corrected chi connectivity index (χ2v) is 4.21. The highest BCUT2D eigenvalue weighted by molar-refractivity contribution is 5.81.